The van der Waals surface area contributed by atoms with Gasteiger partial charge in [0.05, 0.1) is 42.1 Å². The first-order valence-corrected chi connectivity index (χ1v) is 12.9. The third kappa shape index (κ3) is 4.22. The highest BCUT2D eigenvalue weighted by atomic mass is 79.9. The number of carbonyl (C=O) groups is 2. The molecule has 1 aliphatic rings. The van der Waals surface area contributed by atoms with Gasteiger partial charge in [-0.05, 0) is 61.0 Å². The van der Waals surface area contributed by atoms with E-state index in [0.29, 0.717) is 39.5 Å². The molecule has 194 valence electrons. The molecule has 39 heavy (non-hydrogen) atoms. The number of imide groups is 1. The third-order valence-electron chi connectivity index (χ3n) is 6.62. The van der Waals surface area contributed by atoms with E-state index < -0.39 is 11.8 Å². The monoisotopic (exact) mass is 583 g/mol. The summed E-state index contributed by atoms with van der Waals surface area (Å²) in [5.41, 5.74) is 4.98. The maximum absolute atomic E-state index is 13.5. The molecular formula is C29H22BrN5O4. The number of hydrazone groups is 1. The van der Waals surface area contributed by atoms with Crippen LogP contribution in [0.4, 0.5) is 0 Å². The largest absolute Gasteiger partial charge is 0.493 e. The van der Waals surface area contributed by atoms with Crippen LogP contribution in [0.1, 0.15) is 12.5 Å². The molecule has 0 radical (unpaired) electrons. The number of carbonyl (C=O) groups excluding carboxylic acids is 2. The van der Waals surface area contributed by atoms with E-state index in [1.807, 2.05) is 42.5 Å². The second-order valence-corrected chi connectivity index (χ2v) is 9.92. The van der Waals surface area contributed by atoms with Crippen molar-refractivity contribution in [2.75, 3.05) is 14.2 Å². The van der Waals surface area contributed by atoms with Crippen molar-refractivity contribution >= 4 is 72.6 Å². The number of rotatable bonds is 5. The summed E-state index contributed by atoms with van der Waals surface area (Å²) in [6, 6.07) is 18.7. The van der Waals surface area contributed by atoms with Crippen molar-refractivity contribution in [3.63, 3.8) is 0 Å². The molecule has 0 saturated carbocycles. The fourth-order valence-corrected chi connectivity index (χ4v) is 5.09. The smallest absolute Gasteiger partial charge is 0.283 e. The van der Waals surface area contributed by atoms with Gasteiger partial charge in [0.1, 0.15) is 12.1 Å². The molecule has 9 nitrogen and oxygen atoms in total. The molecule has 0 saturated heterocycles. The zero-order valence-corrected chi connectivity index (χ0v) is 22.9. The summed E-state index contributed by atoms with van der Waals surface area (Å²) in [5.74, 6) is 0.138. The van der Waals surface area contributed by atoms with Gasteiger partial charge in [-0.1, -0.05) is 34.1 Å². The number of hydrogen-bond donors (Lipinski definition) is 0. The summed E-state index contributed by atoms with van der Waals surface area (Å²) in [6.07, 6.45) is 1.69. The number of nitrogens with zero attached hydrogens (tertiary/aromatic N) is 5. The second-order valence-electron chi connectivity index (χ2n) is 9.00. The highest BCUT2D eigenvalue weighted by Crippen LogP contribution is 2.32. The van der Waals surface area contributed by atoms with Crippen LogP contribution in [0.2, 0.25) is 0 Å². The minimum atomic E-state index is -0.493. The normalized spacial score (nSPS) is 14.6. The van der Waals surface area contributed by atoms with Crippen LogP contribution >= 0.6 is 15.9 Å². The maximum Gasteiger partial charge on any atom is 0.283 e. The van der Waals surface area contributed by atoms with Gasteiger partial charge in [-0.25, -0.2) is 9.97 Å². The lowest BCUT2D eigenvalue weighted by Crippen LogP contribution is -2.32. The van der Waals surface area contributed by atoms with Crippen molar-refractivity contribution in [3.05, 3.63) is 76.3 Å². The van der Waals surface area contributed by atoms with Crippen LogP contribution in [-0.2, 0) is 16.1 Å². The first-order valence-electron chi connectivity index (χ1n) is 12.1. The van der Waals surface area contributed by atoms with Gasteiger partial charge in [-0.2, -0.15) is 10.1 Å². The zero-order chi connectivity index (χ0) is 27.3. The molecule has 1 aliphatic heterocycles. The van der Waals surface area contributed by atoms with Crippen molar-refractivity contribution in [2.45, 2.75) is 13.5 Å². The van der Waals surface area contributed by atoms with E-state index in [1.54, 1.807) is 50.0 Å². The summed E-state index contributed by atoms with van der Waals surface area (Å²) in [5, 5.41) is 6.08. The van der Waals surface area contributed by atoms with Crippen LogP contribution in [0.5, 0.6) is 11.5 Å². The van der Waals surface area contributed by atoms with Gasteiger partial charge in [0, 0.05) is 9.86 Å². The van der Waals surface area contributed by atoms with Crippen LogP contribution in [-0.4, -0.2) is 51.3 Å². The molecule has 6 rings (SSSR count). The summed E-state index contributed by atoms with van der Waals surface area (Å²) < 4.78 is 13.3. The molecule has 0 fully saturated rings. The minimum Gasteiger partial charge on any atom is -0.493 e. The molecule has 2 aromatic heterocycles. The molecule has 0 aliphatic carbocycles. The van der Waals surface area contributed by atoms with E-state index in [-0.39, 0.29) is 6.54 Å². The Morgan fingerprint density at radius 2 is 1.72 bits per heavy atom. The Hall–Kier alpha value is -4.57. The van der Waals surface area contributed by atoms with Crippen molar-refractivity contribution in [3.8, 4) is 11.5 Å². The van der Waals surface area contributed by atoms with E-state index in [9.17, 15) is 9.59 Å². The average Bonchev–Trinajstić information content (AvgIpc) is 3.39. The van der Waals surface area contributed by atoms with Gasteiger partial charge < -0.3 is 14.0 Å². The van der Waals surface area contributed by atoms with Crippen molar-refractivity contribution in [1.82, 2.24) is 19.5 Å². The summed E-state index contributed by atoms with van der Waals surface area (Å²) in [6.45, 7) is 1.56. The van der Waals surface area contributed by atoms with Gasteiger partial charge in [-0.3, -0.25) is 9.59 Å². The highest BCUT2D eigenvalue weighted by molar-refractivity contribution is 9.10. The van der Waals surface area contributed by atoms with E-state index in [0.717, 1.165) is 31.5 Å². The standard InChI is InChI=1S/C29H22BrN5O4/c1-16-19(12-17-8-11-24(38-2)25(13-17)39-3)29(37)35(33-16)26(36)15-34-23-10-9-18(30)14-20(23)27-28(34)32-22-7-5-4-6-21(22)31-27/h4-14H,15H2,1-3H3. The summed E-state index contributed by atoms with van der Waals surface area (Å²) >= 11 is 3.53. The zero-order valence-electron chi connectivity index (χ0n) is 21.3. The molecule has 0 N–H and O–H groups in total. The van der Waals surface area contributed by atoms with Crippen LogP contribution in [0.15, 0.2) is 75.8 Å². The van der Waals surface area contributed by atoms with Crippen molar-refractivity contribution in [1.29, 1.82) is 0 Å². The average molecular weight is 584 g/mol. The number of halogens is 1. The predicted molar refractivity (Wildman–Crippen MR) is 153 cm³/mol. The Morgan fingerprint density at radius 1 is 0.974 bits per heavy atom. The van der Waals surface area contributed by atoms with Crippen LogP contribution in [0.25, 0.3) is 39.2 Å². The van der Waals surface area contributed by atoms with E-state index in [1.165, 1.54) is 0 Å². The molecule has 0 bridgehead atoms. The lowest BCUT2D eigenvalue weighted by Gasteiger charge is -2.12. The molecule has 2 amide bonds. The van der Waals surface area contributed by atoms with Gasteiger partial charge >= 0.3 is 0 Å². The van der Waals surface area contributed by atoms with E-state index in [4.69, 9.17) is 19.4 Å². The van der Waals surface area contributed by atoms with Crippen LogP contribution < -0.4 is 9.47 Å². The number of amides is 2. The lowest BCUT2D eigenvalue weighted by atomic mass is 10.1. The van der Waals surface area contributed by atoms with Gasteiger partial charge in [-0.15, -0.1) is 0 Å². The predicted octanol–water partition coefficient (Wildman–Crippen LogP) is 5.35. The SMILES string of the molecule is COc1ccc(C=C2C(=O)N(C(=O)Cn3c4ccc(Br)cc4c4nc5ccccc5nc43)N=C2C)cc1OC. The minimum absolute atomic E-state index is 0.138. The Balaban J connectivity index is 1.37. The van der Waals surface area contributed by atoms with E-state index in [2.05, 4.69) is 21.0 Å². The first-order chi connectivity index (χ1) is 18.9. The van der Waals surface area contributed by atoms with Crippen LogP contribution in [0.3, 0.4) is 0 Å². The van der Waals surface area contributed by atoms with E-state index >= 15 is 0 Å². The van der Waals surface area contributed by atoms with Gasteiger partial charge in [0.2, 0.25) is 0 Å². The first kappa shape index (κ1) is 24.7. The van der Waals surface area contributed by atoms with Gasteiger partial charge in [0.15, 0.2) is 17.1 Å². The molecule has 3 aromatic carbocycles. The van der Waals surface area contributed by atoms with Gasteiger partial charge in [0.25, 0.3) is 11.8 Å². The Kier molecular flexibility index (Phi) is 6.11. The molecule has 0 atom stereocenters. The maximum atomic E-state index is 13.5. The topological polar surface area (TPSA) is 98.9 Å². The number of para-hydroxylation sites is 2. The fraction of sp³-hybridized carbons (Fsp3) is 0.138. The molecular weight excluding hydrogens is 562 g/mol. The molecule has 10 heteroatoms. The molecule has 0 spiro atoms. The quantitative estimate of drug-likeness (QED) is 0.259. The number of fused-ring (bicyclic) bond motifs is 4. The van der Waals surface area contributed by atoms with Crippen molar-refractivity contribution < 1.29 is 19.1 Å². The van der Waals surface area contributed by atoms with Crippen LogP contribution in [0, 0.1) is 0 Å². The summed E-state index contributed by atoms with van der Waals surface area (Å²) in [7, 11) is 3.10. The fourth-order valence-electron chi connectivity index (χ4n) is 4.73. The number of hydrogen-bond acceptors (Lipinski definition) is 7. The number of benzene rings is 3. The Labute approximate surface area is 231 Å². The molecule has 3 heterocycles. The van der Waals surface area contributed by atoms with Crippen molar-refractivity contribution in [2.24, 2.45) is 5.10 Å². The molecule has 5 aromatic rings. The second kappa shape index (κ2) is 9.63. The lowest BCUT2D eigenvalue weighted by molar-refractivity contribution is -0.141. The Morgan fingerprint density at radius 3 is 2.46 bits per heavy atom. The third-order valence-corrected chi connectivity index (χ3v) is 7.12. The number of methoxy groups -OCH3 is 2. The number of ether oxygens (including phenoxy) is 2. The molecule has 0 unspecified atom stereocenters. The Bertz CT molecular complexity index is 1890. The highest BCUT2D eigenvalue weighted by Gasteiger charge is 2.33. The number of aromatic nitrogens is 3. The summed E-state index contributed by atoms with van der Waals surface area (Å²) in [4.78, 5) is 36.5.